The smallest absolute Gasteiger partial charge is 0.323 e. The molecule has 0 spiro atoms. The fraction of sp³-hybridized carbons (Fsp3) is 0.150. The Hall–Kier alpha value is -3.66. The van der Waals surface area contributed by atoms with E-state index in [9.17, 15) is 18.0 Å². The summed E-state index contributed by atoms with van der Waals surface area (Å²) in [6.07, 6.45) is -1.08. The largest absolute Gasteiger partial charge is 0.497 e. The lowest BCUT2D eigenvalue weighted by atomic mass is 9.91. The Kier molecular flexibility index (Phi) is 4.78. The molecule has 9 nitrogen and oxygen atoms in total. The van der Waals surface area contributed by atoms with E-state index in [1.54, 1.807) is 42.5 Å². The minimum Gasteiger partial charge on any atom is -0.497 e. The van der Waals surface area contributed by atoms with E-state index < -0.39 is 33.2 Å². The zero-order chi connectivity index (χ0) is 21.5. The lowest BCUT2D eigenvalue weighted by Gasteiger charge is -2.33. The molecule has 4 N–H and O–H groups in total. The van der Waals surface area contributed by atoms with Crippen LogP contribution in [0.5, 0.6) is 5.75 Å². The first-order chi connectivity index (χ1) is 14.3. The van der Waals surface area contributed by atoms with Gasteiger partial charge in [0, 0.05) is 0 Å². The van der Waals surface area contributed by atoms with Crippen molar-refractivity contribution in [1.29, 1.82) is 0 Å². The number of nitrogens with zero attached hydrogens (tertiary/aromatic N) is 1. The molecule has 0 aliphatic carbocycles. The van der Waals surface area contributed by atoms with Crippen molar-refractivity contribution in [1.82, 2.24) is 10.6 Å². The van der Waals surface area contributed by atoms with E-state index in [0.29, 0.717) is 11.3 Å². The molecule has 0 saturated carbocycles. The Balaban J connectivity index is 1.97. The van der Waals surface area contributed by atoms with Gasteiger partial charge in [0.05, 0.1) is 17.6 Å². The fourth-order valence-electron chi connectivity index (χ4n) is 3.54. The fourth-order valence-corrected chi connectivity index (χ4v) is 5.30. The van der Waals surface area contributed by atoms with Gasteiger partial charge in [-0.25, -0.2) is 18.2 Å². The Bertz CT molecular complexity index is 1190. The average Bonchev–Trinajstić information content (AvgIpc) is 2.73. The normalized spacial score (nSPS) is 21.3. The highest BCUT2D eigenvalue weighted by atomic mass is 32.2. The summed E-state index contributed by atoms with van der Waals surface area (Å²) in [5.74, 6) is -0.380. The number of rotatable bonds is 4. The Morgan fingerprint density at radius 3 is 2.30 bits per heavy atom. The predicted octanol–water partition coefficient (Wildman–Crippen LogP) is 0.828. The second kappa shape index (κ2) is 7.30. The van der Waals surface area contributed by atoms with E-state index >= 15 is 0 Å². The summed E-state index contributed by atoms with van der Waals surface area (Å²) in [5, 5.41) is 3.25. The van der Waals surface area contributed by atoms with Crippen molar-refractivity contribution in [3.05, 3.63) is 65.7 Å². The second-order valence-corrected chi connectivity index (χ2v) is 8.71. The number of aliphatic imine (C=N–C) groups is 1. The zero-order valence-electron chi connectivity index (χ0n) is 15.8. The van der Waals surface area contributed by atoms with Crippen LogP contribution in [0, 0.1) is 0 Å². The molecule has 10 heteroatoms. The molecule has 2 heterocycles. The van der Waals surface area contributed by atoms with Gasteiger partial charge in [0.1, 0.15) is 16.8 Å². The van der Waals surface area contributed by atoms with Gasteiger partial charge in [0.25, 0.3) is 5.91 Å². The lowest BCUT2D eigenvalue weighted by Crippen LogP contribution is -2.57. The molecule has 2 unspecified atom stereocenters. The number of amides is 3. The number of ether oxygens (including phenoxy) is 1. The molecule has 2 atom stereocenters. The number of carbonyl (C=O) groups excluding carboxylic acids is 2. The van der Waals surface area contributed by atoms with Crippen molar-refractivity contribution >= 4 is 33.2 Å². The average molecular weight is 426 g/mol. The van der Waals surface area contributed by atoms with Crippen molar-refractivity contribution in [3.63, 3.8) is 0 Å². The van der Waals surface area contributed by atoms with Crippen LogP contribution < -0.4 is 21.1 Å². The van der Waals surface area contributed by atoms with Gasteiger partial charge >= 0.3 is 6.03 Å². The molecule has 2 aromatic carbocycles. The van der Waals surface area contributed by atoms with Crippen LogP contribution in [0.25, 0.3) is 5.57 Å². The second-order valence-electron chi connectivity index (χ2n) is 6.68. The standard InChI is InChI=1S/C20H18N4O5S/c1-29-12-9-7-11(8-10-12)14-15-18(23-20(26)24-19(15)25)22-17(21)16(14)30(27,28)13-5-3-2-4-6-13/h2-10,16,18H,1H3,(H2,21,22)(H2,23,24,25,26). The van der Waals surface area contributed by atoms with Gasteiger partial charge in [-0.2, -0.15) is 0 Å². The third kappa shape index (κ3) is 3.20. The van der Waals surface area contributed by atoms with Crippen molar-refractivity contribution in [3.8, 4) is 5.75 Å². The molecule has 1 saturated heterocycles. The monoisotopic (exact) mass is 426 g/mol. The van der Waals surface area contributed by atoms with Crippen LogP contribution in [0.3, 0.4) is 0 Å². The highest BCUT2D eigenvalue weighted by Crippen LogP contribution is 2.36. The predicted molar refractivity (Wildman–Crippen MR) is 109 cm³/mol. The van der Waals surface area contributed by atoms with Gasteiger partial charge in [-0.3, -0.25) is 10.1 Å². The highest BCUT2D eigenvalue weighted by Gasteiger charge is 2.45. The number of fused-ring (bicyclic) bond motifs is 1. The summed E-state index contributed by atoms with van der Waals surface area (Å²) in [6, 6.07) is 13.6. The minimum absolute atomic E-state index is 0.0264. The van der Waals surface area contributed by atoms with Crippen LogP contribution >= 0.6 is 0 Å². The van der Waals surface area contributed by atoms with E-state index in [1.807, 2.05) is 0 Å². The number of urea groups is 1. The first-order valence-corrected chi connectivity index (χ1v) is 10.5. The van der Waals surface area contributed by atoms with Gasteiger partial charge in [-0.05, 0) is 35.4 Å². The maximum absolute atomic E-state index is 13.5. The highest BCUT2D eigenvalue weighted by molar-refractivity contribution is 7.93. The Labute approximate surface area is 172 Å². The molecular formula is C20H18N4O5S. The number of hydrogen-bond acceptors (Lipinski definition) is 7. The molecule has 4 rings (SSSR count). The number of hydrogen-bond donors (Lipinski definition) is 3. The number of sulfone groups is 1. The molecule has 0 bridgehead atoms. The maximum atomic E-state index is 13.5. The molecule has 0 aromatic heterocycles. The number of imide groups is 1. The summed E-state index contributed by atoms with van der Waals surface area (Å²) < 4.78 is 32.2. The van der Waals surface area contributed by atoms with Crippen molar-refractivity contribution in [2.24, 2.45) is 10.7 Å². The van der Waals surface area contributed by atoms with Crippen molar-refractivity contribution in [2.45, 2.75) is 16.3 Å². The van der Waals surface area contributed by atoms with Crippen LogP contribution in [-0.2, 0) is 14.6 Å². The van der Waals surface area contributed by atoms with Crippen LogP contribution in [0.2, 0.25) is 0 Å². The summed E-state index contributed by atoms with van der Waals surface area (Å²) in [5.41, 5.74) is 6.75. The summed E-state index contributed by atoms with van der Waals surface area (Å²) in [6.45, 7) is 0. The molecule has 2 aliphatic heterocycles. The lowest BCUT2D eigenvalue weighted by molar-refractivity contribution is -0.117. The molecule has 1 fully saturated rings. The van der Waals surface area contributed by atoms with Crippen LogP contribution in [0.4, 0.5) is 4.79 Å². The zero-order valence-corrected chi connectivity index (χ0v) is 16.6. The van der Waals surface area contributed by atoms with E-state index in [0.717, 1.165) is 0 Å². The van der Waals surface area contributed by atoms with Gasteiger partial charge in [0.2, 0.25) is 0 Å². The molecular weight excluding hydrogens is 408 g/mol. The Morgan fingerprint density at radius 1 is 1.00 bits per heavy atom. The van der Waals surface area contributed by atoms with Gasteiger partial charge in [0.15, 0.2) is 16.0 Å². The SMILES string of the molecule is COc1ccc(C2=C3C(=O)NC(=O)NC3N=C(N)C2S(=O)(=O)c2ccccc2)cc1. The third-order valence-corrected chi connectivity index (χ3v) is 6.92. The van der Waals surface area contributed by atoms with Gasteiger partial charge in [-0.15, -0.1) is 0 Å². The van der Waals surface area contributed by atoms with E-state index in [2.05, 4.69) is 15.6 Å². The maximum Gasteiger partial charge on any atom is 0.323 e. The van der Waals surface area contributed by atoms with Gasteiger partial charge < -0.3 is 15.8 Å². The first kappa shape index (κ1) is 19.6. The number of methoxy groups -OCH3 is 1. The summed E-state index contributed by atoms with van der Waals surface area (Å²) in [7, 11) is -2.54. The van der Waals surface area contributed by atoms with Gasteiger partial charge in [-0.1, -0.05) is 30.3 Å². The first-order valence-electron chi connectivity index (χ1n) is 8.95. The van der Waals surface area contributed by atoms with E-state index in [4.69, 9.17) is 10.5 Å². The number of nitrogens with two attached hydrogens (primary N) is 1. The summed E-state index contributed by atoms with van der Waals surface area (Å²) >= 11 is 0. The van der Waals surface area contributed by atoms with Crippen LogP contribution in [0.15, 0.2) is 70.1 Å². The molecule has 154 valence electrons. The quantitative estimate of drug-likeness (QED) is 0.661. The van der Waals surface area contributed by atoms with E-state index in [1.165, 1.54) is 19.2 Å². The molecule has 0 radical (unpaired) electrons. The van der Waals surface area contributed by atoms with Crippen LogP contribution in [-0.4, -0.2) is 44.7 Å². The number of amidine groups is 1. The molecule has 3 amide bonds. The van der Waals surface area contributed by atoms with E-state index in [-0.39, 0.29) is 21.9 Å². The number of dihydropyridines is 1. The third-order valence-electron chi connectivity index (χ3n) is 4.90. The molecule has 2 aromatic rings. The molecule has 2 aliphatic rings. The number of nitrogens with one attached hydrogen (secondary N) is 2. The topological polar surface area (TPSA) is 140 Å². The number of carbonyl (C=O) groups is 2. The van der Waals surface area contributed by atoms with Crippen molar-refractivity contribution in [2.75, 3.05) is 7.11 Å². The van der Waals surface area contributed by atoms with Crippen molar-refractivity contribution < 1.29 is 22.7 Å². The summed E-state index contributed by atoms with van der Waals surface area (Å²) in [4.78, 5) is 28.6. The minimum atomic E-state index is -4.05. The molecule has 30 heavy (non-hydrogen) atoms. The number of benzene rings is 2. The van der Waals surface area contributed by atoms with Crippen LogP contribution in [0.1, 0.15) is 5.56 Å². The Morgan fingerprint density at radius 2 is 1.67 bits per heavy atom.